The van der Waals surface area contributed by atoms with E-state index in [4.69, 9.17) is 5.11 Å². The van der Waals surface area contributed by atoms with Crippen LogP contribution >= 0.6 is 11.8 Å². The fourth-order valence-electron chi connectivity index (χ4n) is 2.21. The molecule has 0 heterocycles. The van der Waals surface area contributed by atoms with Gasteiger partial charge in [-0.3, -0.25) is 9.59 Å². The quantitative estimate of drug-likeness (QED) is 0.719. The van der Waals surface area contributed by atoms with E-state index in [1.165, 1.54) is 17.3 Å². The summed E-state index contributed by atoms with van der Waals surface area (Å²) in [5.74, 6) is 0.0196. The number of aliphatic carboxylic acids is 1. The first-order chi connectivity index (χ1) is 9.62. The van der Waals surface area contributed by atoms with Gasteiger partial charge in [0, 0.05) is 12.3 Å². The minimum absolute atomic E-state index is 0.0883. The van der Waals surface area contributed by atoms with Crippen LogP contribution in [0.25, 0.3) is 0 Å². The van der Waals surface area contributed by atoms with Gasteiger partial charge in [-0.15, -0.1) is 11.8 Å². The normalized spacial score (nSPS) is 15.6. The summed E-state index contributed by atoms with van der Waals surface area (Å²) < 4.78 is 0. The summed E-state index contributed by atoms with van der Waals surface area (Å²) in [5.41, 5.74) is 0.971. The number of nitrogens with one attached hydrogen (secondary N) is 1. The zero-order chi connectivity index (χ0) is 14.4. The fraction of sp³-hybridized carbons (Fsp3) is 0.467. The van der Waals surface area contributed by atoms with Gasteiger partial charge in [-0.05, 0) is 24.8 Å². The van der Waals surface area contributed by atoms with Crippen molar-refractivity contribution in [3.05, 3.63) is 35.9 Å². The number of carbonyl (C=O) groups is 2. The second kappa shape index (κ2) is 6.79. The Balaban J connectivity index is 1.73. The largest absolute Gasteiger partial charge is 0.481 e. The molecule has 5 heteroatoms. The van der Waals surface area contributed by atoms with Crippen LogP contribution in [0.1, 0.15) is 18.4 Å². The predicted octanol–water partition coefficient (Wildman–Crippen LogP) is 1.94. The van der Waals surface area contributed by atoms with E-state index in [-0.39, 0.29) is 17.1 Å². The van der Waals surface area contributed by atoms with E-state index in [0.29, 0.717) is 12.3 Å². The predicted molar refractivity (Wildman–Crippen MR) is 79.8 cm³/mol. The Morgan fingerprint density at radius 3 is 2.55 bits per heavy atom. The topological polar surface area (TPSA) is 66.4 Å². The molecule has 1 saturated carbocycles. The molecule has 1 amide bonds. The number of hydrogen-bond acceptors (Lipinski definition) is 3. The van der Waals surface area contributed by atoms with Crippen molar-refractivity contribution in [1.82, 2.24) is 5.32 Å². The van der Waals surface area contributed by atoms with Crippen molar-refractivity contribution < 1.29 is 14.7 Å². The molecule has 0 atom stereocenters. The first kappa shape index (κ1) is 14.9. The van der Waals surface area contributed by atoms with E-state index < -0.39 is 5.97 Å². The van der Waals surface area contributed by atoms with Gasteiger partial charge in [0.15, 0.2) is 0 Å². The summed E-state index contributed by atoms with van der Waals surface area (Å²) >= 11 is 1.32. The third-order valence-corrected chi connectivity index (χ3v) is 4.42. The first-order valence-corrected chi connectivity index (χ1v) is 7.90. The van der Waals surface area contributed by atoms with E-state index >= 15 is 0 Å². The molecule has 1 aliphatic rings. The molecular weight excluding hydrogens is 274 g/mol. The highest BCUT2D eigenvalue weighted by Gasteiger charge is 2.49. The second-order valence-corrected chi connectivity index (χ2v) is 6.25. The number of rotatable bonds is 8. The lowest BCUT2D eigenvalue weighted by Gasteiger charge is -2.15. The maximum atomic E-state index is 12.2. The molecule has 4 nitrogen and oxygen atoms in total. The third kappa shape index (κ3) is 4.27. The van der Waals surface area contributed by atoms with E-state index in [1.807, 2.05) is 18.2 Å². The van der Waals surface area contributed by atoms with Crippen molar-refractivity contribution in [3.63, 3.8) is 0 Å². The summed E-state index contributed by atoms with van der Waals surface area (Å²) in [5, 5.41) is 11.4. The highest BCUT2D eigenvalue weighted by molar-refractivity contribution is 7.99. The molecule has 0 unspecified atom stereocenters. The molecule has 1 fully saturated rings. The van der Waals surface area contributed by atoms with Gasteiger partial charge in [-0.25, -0.2) is 0 Å². The maximum absolute atomic E-state index is 12.2. The SMILES string of the molecule is O=C(O)CSCCNC(=O)C1(Cc2ccccc2)CC1. The van der Waals surface area contributed by atoms with Gasteiger partial charge in [0.1, 0.15) is 0 Å². The van der Waals surface area contributed by atoms with Gasteiger partial charge in [-0.1, -0.05) is 30.3 Å². The molecule has 0 spiro atoms. The number of thioether (sulfide) groups is 1. The van der Waals surface area contributed by atoms with Crippen LogP contribution < -0.4 is 5.32 Å². The van der Waals surface area contributed by atoms with Gasteiger partial charge < -0.3 is 10.4 Å². The Morgan fingerprint density at radius 2 is 1.95 bits per heavy atom. The Morgan fingerprint density at radius 1 is 1.25 bits per heavy atom. The van der Waals surface area contributed by atoms with Gasteiger partial charge >= 0.3 is 5.97 Å². The number of benzene rings is 1. The van der Waals surface area contributed by atoms with E-state index in [9.17, 15) is 9.59 Å². The van der Waals surface area contributed by atoms with Crippen LogP contribution in [0.2, 0.25) is 0 Å². The summed E-state index contributed by atoms with van der Waals surface area (Å²) in [7, 11) is 0. The summed E-state index contributed by atoms with van der Waals surface area (Å²) in [6.45, 7) is 0.535. The van der Waals surface area contributed by atoms with Crippen LogP contribution in [0.3, 0.4) is 0 Å². The maximum Gasteiger partial charge on any atom is 0.313 e. The Kier molecular flexibility index (Phi) is 5.06. The van der Waals surface area contributed by atoms with Crippen molar-refractivity contribution in [3.8, 4) is 0 Å². The molecule has 0 aromatic heterocycles. The van der Waals surface area contributed by atoms with Crippen LogP contribution in [-0.2, 0) is 16.0 Å². The van der Waals surface area contributed by atoms with Crippen LogP contribution in [0.4, 0.5) is 0 Å². The highest BCUT2D eigenvalue weighted by Crippen LogP contribution is 2.48. The molecule has 2 rings (SSSR count). The van der Waals surface area contributed by atoms with Gasteiger partial charge in [-0.2, -0.15) is 0 Å². The number of amides is 1. The summed E-state index contributed by atoms with van der Waals surface area (Å²) in [4.78, 5) is 22.6. The standard InChI is InChI=1S/C15H19NO3S/c17-13(18)11-20-9-8-16-14(19)15(6-7-15)10-12-4-2-1-3-5-12/h1-5H,6-11H2,(H,16,19)(H,17,18). The Bertz CT molecular complexity index is 471. The van der Waals surface area contributed by atoms with Crippen LogP contribution in [0, 0.1) is 5.41 Å². The highest BCUT2D eigenvalue weighted by atomic mass is 32.2. The third-order valence-electron chi connectivity index (χ3n) is 3.48. The lowest BCUT2D eigenvalue weighted by atomic mass is 9.95. The number of carboxylic acid groups (broad SMARTS) is 1. The molecule has 1 aromatic carbocycles. The van der Waals surface area contributed by atoms with Crippen LogP contribution in [0.5, 0.6) is 0 Å². The molecule has 108 valence electrons. The van der Waals surface area contributed by atoms with Gasteiger partial charge in [0.25, 0.3) is 0 Å². The van der Waals surface area contributed by atoms with E-state index in [0.717, 1.165) is 19.3 Å². The zero-order valence-corrected chi connectivity index (χ0v) is 12.1. The zero-order valence-electron chi connectivity index (χ0n) is 11.3. The fourth-order valence-corrected chi connectivity index (χ4v) is 2.77. The molecule has 0 saturated heterocycles. The van der Waals surface area contributed by atoms with Crippen molar-refractivity contribution in [2.45, 2.75) is 19.3 Å². The minimum Gasteiger partial charge on any atom is -0.481 e. The summed E-state index contributed by atoms with van der Waals surface area (Å²) in [6, 6.07) is 10.1. The molecule has 0 radical (unpaired) electrons. The van der Waals surface area contributed by atoms with Crippen molar-refractivity contribution in [2.75, 3.05) is 18.1 Å². The number of hydrogen-bond donors (Lipinski definition) is 2. The first-order valence-electron chi connectivity index (χ1n) is 6.74. The number of carboxylic acids is 1. The van der Waals surface area contributed by atoms with Crippen LogP contribution in [0.15, 0.2) is 30.3 Å². The summed E-state index contributed by atoms with van der Waals surface area (Å²) in [6.07, 6.45) is 2.67. The monoisotopic (exact) mass is 293 g/mol. The lowest BCUT2D eigenvalue weighted by Crippen LogP contribution is -2.34. The van der Waals surface area contributed by atoms with Gasteiger partial charge in [0.2, 0.25) is 5.91 Å². The Labute approximate surface area is 123 Å². The molecule has 2 N–H and O–H groups in total. The van der Waals surface area contributed by atoms with Crippen molar-refractivity contribution >= 4 is 23.6 Å². The minimum atomic E-state index is -0.816. The molecule has 20 heavy (non-hydrogen) atoms. The molecule has 0 bridgehead atoms. The molecule has 1 aromatic rings. The molecular formula is C15H19NO3S. The van der Waals surface area contributed by atoms with Gasteiger partial charge in [0.05, 0.1) is 11.2 Å². The Hall–Kier alpha value is -1.49. The average Bonchev–Trinajstić information content (AvgIpc) is 3.20. The smallest absolute Gasteiger partial charge is 0.313 e. The lowest BCUT2D eigenvalue weighted by molar-refractivity contribution is -0.134. The number of carbonyl (C=O) groups excluding carboxylic acids is 1. The van der Waals surface area contributed by atoms with Crippen LogP contribution in [-0.4, -0.2) is 35.0 Å². The van der Waals surface area contributed by atoms with E-state index in [2.05, 4.69) is 17.4 Å². The molecule has 1 aliphatic carbocycles. The van der Waals surface area contributed by atoms with Crippen molar-refractivity contribution in [1.29, 1.82) is 0 Å². The molecule has 0 aliphatic heterocycles. The second-order valence-electron chi connectivity index (χ2n) is 5.14. The average molecular weight is 293 g/mol. The van der Waals surface area contributed by atoms with E-state index in [1.54, 1.807) is 0 Å². The van der Waals surface area contributed by atoms with Crippen molar-refractivity contribution in [2.24, 2.45) is 5.41 Å².